The summed E-state index contributed by atoms with van der Waals surface area (Å²) in [6, 6.07) is 7.75. The summed E-state index contributed by atoms with van der Waals surface area (Å²) in [7, 11) is -3.54. The molecule has 32 heavy (non-hydrogen) atoms. The molecule has 8 nitrogen and oxygen atoms in total. The summed E-state index contributed by atoms with van der Waals surface area (Å²) in [6.07, 6.45) is 0. The molecule has 1 aromatic carbocycles. The number of morpholine rings is 1. The Morgan fingerprint density at radius 1 is 0.906 bits per heavy atom. The highest BCUT2D eigenvalue weighted by molar-refractivity contribution is 7.89. The van der Waals surface area contributed by atoms with Crippen LogP contribution in [0.4, 0.5) is 11.8 Å². The Labute approximate surface area is 191 Å². The van der Waals surface area contributed by atoms with Crippen LogP contribution in [0.3, 0.4) is 0 Å². The summed E-state index contributed by atoms with van der Waals surface area (Å²) in [4.78, 5) is 14.1. The Balaban J connectivity index is 1.50. The van der Waals surface area contributed by atoms with E-state index in [0.29, 0.717) is 50.2 Å². The van der Waals surface area contributed by atoms with Crippen LogP contribution >= 0.6 is 0 Å². The van der Waals surface area contributed by atoms with Crippen molar-refractivity contribution in [3.8, 4) is 0 Å². The molecule has 0 unspecified atom stereocenters. The number of piperazine rings is 1. The number of aromatic nitrogens is 2. The minimum atomic E-state index is -3.54. The van der Waals surface area contributed by atoms with Crippen LogP contribution in [0.2, 0.25) is 0 Å². The largest absolute Gasteiger partial charge is 0.378 e. The average Bonchev–Trinajstić information content (AvgIpc) is 2.79. The second-order valence-corrected chi connectivity index (χ2v) is 10.7. The van der Waals surface area contributed by atoms with E-state index < -0.39 is 10.0 Å². The molecule has 2 saturated heterocycles. The summed E-state index contributed by atoms with van der Waals surface area (Å²) in [6.45, 7) is 13.0. The molecule has 2 aromatic rings. The van der Waals surface area contributed by atoms with Crippen LogP contribution in [-0.2, 0) is 14.8 Å². The van der Waals surface area contributed by atoms with Gasteiger partial charge in [-0.25, -0.2) is 13.4 Å². The lowest BCUT2D eigenvalue weighted by Gasteiger charge is -2.35. The third-order valence-electron chi connectivity index (χ3n) is 6.18. The van der Waals surface area contributed by atoms with Gasteiger partial charge in [0.05, 0.1) is 18.1 Å². The molecule has 2 fully saturated rings. The van der Waals surface area contributed by atoms with Crippen molar-refractivity contribution in [2.45, 2.75) is 38.5 Å². The van der Waals surface area contributed by atoms with Crippen LogP contribution < -0.4 is 9.80 Å². The van der Waals surface area contributed by atoms with Crippen molar-refractivity contribution < 1.29 is 13.2 Å². The quantitative estimate of drug-likeness (QED) is 0.680. The van der Waals surface area contributed by atoms with Gasteiger partial charge in [-0.15, -0.1) is 0 Å². The third kappa shape index (κ3) is 4.74. The highest BCUT2D eigenvalue weighted by Gasteiger charge is 2.31. The topological polar surface area (TPSA) is 78.9 Å². The van der Waals surface area contributed by atoms with Crippen molar-refractivity contribution in [1.82, 2.24) is 14.3 Å². The molecule has 9 heteroatoms. The number of rotatable bonds is 5. The van der Waals surface area contributed by atoms with Crippen molar-refractivity contribution in [2.24, 2.45) is 0 Å². The Morgan fingerprint density at radius 3 is 2.25 bits per heavy atom. The Kier molecular flexibility index (Phi) is 6.69. The monoisotopic (exact) mass is 459 g/mol. The predicted molar refractivity (Wildman–Crippen MR) is 126 cm³/mol. The number of sulfonamides is 1. The smallest absolute Gasteiger partial charge is 0.243 e. The van der Waals surface area contributed by atoms with E-state index >= 15 is 0 Å². The van der Waals surface area contributed by atoms with Gasteiger partial charge in [-0.2, -0.15) is 9.29 Å². The summed E-state index contributed by atoms with van der Waals surface area (Å²) in [5.41, 5.74) is 2.73. The first-order valence-corrected chi connectivity index (χ1v) is 12.7. The van der Waals surface area contributed by atoms with Crippen LogP contribution in [0.25, 0.3) is 0 Å². The minimum Gasteiger partial charge on any atom is -0.378 e. The predicted octanol–water partition coefficient (Wildman–Crippen LogP) is 2.56. The minimum absolute atomic E-state index is 0.278. The summed E-state index contributed by atoms with van der Waals surface area (Å²) in [5.74, 6) is 1.86. The van der Waals surface area contributed by atoms with Gasteiger partial charge in [0.2, 0.25) is 16.0 Å². The molecule has 0 spiro atoms. The summed E-state index contributed by atoms with van der Waals surface area (Å²) in [5, 5.41) is 0. The molecule has 0 N–H and O–H groups in total. The lowest BCUT2D eigenvalue weighted by atomic mass is 10.0. The van der Waals surface area contributed by atoms with Crippen LogP contribution in [0.15, 0.2) is 29.2 Å². The fourth-order valence-corrected chi connectivity index (χ4v) is 5.84. The number of anilines is 2. The fourth-order valence-electron chi connectivity index (χ4n) is 4.15. The fraction of sp³-hybridized carbons (Fsp3) is 0.565. The van der Waals surface area contributed by atoms with E-state index in [1.165, 1.54) is 0 Å². The van der Waals surface area contributed by atoms with Crippen LogP contribution in [0, 0.1) is 13.8 Å². The molecule has 0 radical (unpaired) electrons. The molecular formula is C23H33N5O3S. The van der Waals surface area contributed by atoms with E-state index in [4.69, 9.17) is 9.72 Å². The lowest BCUT2D eigenvalue weighted by molar-refractivity contribution is 0.122. The SMILES string of the molecule is Cc1cc(N2CCOCC2)nc(N2CCN(S(=O)(=O)c3cc(C(C)C)ccc3C)CC2)n1. The van der Waals surface area contributed by atoms with Gasteiger partial charge in [-0.05, 0) is 37.0 Å². The van der Waals surface area contributed by atoms with Gasteiger partial charge in [-0.3, -0.25) is 0 Å². The lowest BCUT2D eigenvalue weighted by Crippen LogP contribution is -2.49. The maximum atomic E-state index is 13.4. The molecule has 0 atom stereocenters. The van der Waals surface area contributed by atoms with E-state index in [0.717, 1.165) is 35.7 Å². The molecule has 174 valence electrons. The molecular weight excluding hydrogens is 426 g/mol. The molecule has 0 saturated carbocycles. The molecule has 1 aromatic heterocycles. The van der Waals surface area contributed by atoms with E-state index in [1.54, 1.807) is 4.31 Å². The van der Waals surface area contributed by atoms with Gasteiger partial charge in [0, 0.05) is 51.0 Å². The van der Waals surface area contributed by atoms with Crippen molar-refractivity contribution in [3.05, 3.63) is 41.1 Å². The highest BCUT2D eigenvalue weighted by atomic mass is 32.2. The number of ether oxygens (including phenoxy) is 1. The van der Waals surface area contributed by atoms with Crippen LogP contribution in [-0.4, -0.2) is 75.2 Å². The van der Waals surface area contributed by atoms with Gasteiger partial charge < -0.3 is 14.5 Å². The zero-order chi connectivity index (χ0) is 22.9. The van der Waals surface area contributed by atoms with E-state index in [2.05, 4.69) is 28.6 Å². The zero-order valence-electron chi connectivity index (χ0n) is 19.4. The number of hydrogen-bond acceptors (Lipinski definition) is 7. The number of hydrogen-bond donors (Lipinski definition) is 0. The number of nitrogens with zero attached hydrogens (tertiary/aromatic N) is 5. The average molecular weight is 460 g/mol. The van der Waals surface area contributed by atoms with Crippen molar-refractivity contribution in [2.75, 3.05) is 62.3 Å². The first-order chi connectivity index (χ1) is 15.3. The van der Waals surface area contributed by atoms with Gasteiger partial charge in [0.1, 0.15) is 5.82 Å². The summed E-state index contributed by atoms with van der Waals surface area (Å²) < 4.78 is 33.8. The molecule has 0 bridgehead atoms. The van der Waals surface area contributed by atoms with Gasteiger partial charge in [-0.1, -0.05) is 26.0 Å². The number of benzene rings is 1. The summed E-state index contributed by atoms with van der Waals surface area (Å²) >= 11 is 0. The molecule has 3 heterocycles. The number of aryl methyl sites for hydroxylation is 2. The van der Waals surface area contributed by atoms with Crippen molar-refractivity contribution in [3.63, 3.8) is 0 Å². The normalized spacial score (nSPS) is 18.4. The Hall–Kier alpha value is -2.23. The third-order valence-corrected chi connectivity index (χ3v) is 8.22. The molecule has 0 aliphatic carbocycles. The standard InChI is InChI=1S/C23H33N5O3S/c1-17(2)20-6-5-18(3)21(16-20)32(29,30)28-9-7-27(8-10-28)23-24-19(4)15-22(25-23)26-11-13-31-14-12-26/h5-6,15-17H,7-14H2,1-4H3. The van der Waals surface area contributed by atoms with E-state index in [-0.39, 0.29) is 5.92 Å². The first kappa shape index (κ1) is 22.9. The molecule has 4 rings (SSSR count). The first-order valence-electron chi connectivity index (χ1n) is 11.3. The van der Waals surface area contributed by atoms with Crippen molar-refractivity contribution in [1.29, 1.82) is 0 Å². The Bertz CT molecular complexity index is 1060. The highest BCUT2D eigenvalue weighted by Crippen LogP contribution is 2.26. The molecule has 2 aliphatic rings. The van der Waals surface area contributed by atoms with E-state index in [9.17, 15) is 8.42 Å². The van der Waals surface area contributed by atoms with Crippen molar-refractivity contribution >= 4 is 21.8 Å². The molecule has 2 aliphatic heterocycles. The second kappa shape index (κ2) is 9.33. The second-order valence-electron chi connectivity index (χ2n) is 8.84. The zero-order valence-corrected chi connectivity index (χ0v) is 20.2. The van der Waals surface area contributed by atoms with Crippen LogP contribution in [0.1, 0.15) is 36.6 Å². The molecule has 0 amide bonds. The van der Waals surface area contributed by atoms with Gasteiger partial charge >= 0.3 is 0 Å². The maximum absolute atomic E-state index is 13.4. The van der Waals surface area contributed by atoms with Gasteiger partial charge in [0.15, 0.2) is 0 Å². The van der Waals surface area contributed by atoms with E-state index in [1.807, 2.05) is 38.1 Å². The van der Waals surface area contributed by atoms with Crippen LogP contribution in [0.5, 0.6) is 0 Å². The Morgan fingerprint density at radius 2 is 1.59 bits per heavy atom. The van der Waals surface area contributed by atoms with Gasteiger partial charge in [0.25, 0.3) is 0 Å². The maximum Gasteiger partial charge on any atom is 0.243 e.